The Labute approximate surface area is 174 Å². The van der Waals surface area contributed by atoms with Crippen LogP contribution >= 0.6 is 0 Å². The van der Waals surface area contributed by atoms with Crippen molar-refractivity contribution in [2.75, 3.05) is 24.8 Å². The van der Waals surface area contributed by atoms with Crippen molar-refractivity contribution in [1.82, 2.24) is 10.2 Å². The second-order valence-corrected chi connectivity index (χ2v) is 8.15. The fourth-order valence-corrected chi connectivity index (χ4v) is 3.60. The number of aromatic nitrogens is 2. The molecule has 2 aromatic carbocycles. The van der Waals surface area contributed by atoms with Crippen molar-refractivity contribution in [3.8, 4) is 23.0 Å². The van der Waals surface area contributed by atoms with Crippen LogP contribution in [0.5, 0.6) is 11.5 Å². The number of ether oxygens (including phenoxy) is 2. The standard InChI is InChI=1S/C20H21N3O6S/c1-4-27-15-11-10-13(12-16(15)28-5-2)19-22-23-20(29-19)21-18(24)14-8-6-7-9-17(14)30(3,25)26/h6-12H,4-5H2,1-3H3,(H,21,23,24). The largest absolute Gasteiger partial charge is 0.490 e. The first-order valence-corrected chi connectivity index (χ1v) is 11.1. The lowest BCUT2D eigenvalue weighted by atomic mass is 10.2. The SMILES string of the molecule is CCOc1ccc(-c2nnc(NC(=O)c3ccccc3S(C)(=O)=O)o2)cc1OCC. The average Bonchev–Trinajstić information content (AvgIpc) is 3.17. The highest BCUT2D eigenvalue weighted by molar-refractivity contribution is 7.90. The quantitative estimate of drug-likeness (QED) is 0.577. The minimum Gasteiger partial charge on any atom is -0.490 e. The van der Waals surface area contributed by atoms with E-state index in [4.69, 9.17) is 13.9 Å². The number of nitrogens with one attached hydrogen (secondary N) is 1. The fourth-order valence-electron chi connectivity index (χ4n) is 2.72. The molecular weight excluding hydrogens is 410 g/mol. The lowest BCUT2D eigenvalue weighted by molar-refractivity contribution is 0.102. The van der Waals surface area contributed by atoms with Crippen LogP contribution in [0, 0.1) is 0 Å². The molecule has 0 saturated heterocycles. The van der Waals surface area contributed by atoms with Crippen LogP contribution in [-0.2, 0) is 9.84 Å². The summed E-state index contributed by atoms with van der Waals surface area (Å²) in [5.74, 6) is 0.606. The number of carbonyl (C=O) groups is 1. The normalized spacial score (nSPS) is 11.2. The summed E-state index contributed by atoms with van der Waals surface area (Å²) >= 11 is 0. The van der Waals surface area contributed by atoms with Crippen molar-refractivity contribution >= 4 is 21.8 Å². The smallest absolute Gasteiger partial charge is 0.322 e. The van der Waals surface area contributed by atoms with Crippen molar-refractivity contribution in [2.24, 2.45) is 0 Å². The van der Waals surface area contributed by atoms with E-state index in [-0.39, 0.29) is 22.4 Å². The molecule has 9 nitrogen and oxygen atoms in total. The number of hydrogen-bond donors (Lipinski definition) is 1. The number of nitrogens with zero attached hydrogens (tertiary/aromatic N) is 2. The third kappa shape index (κ3) is 4.77. The summed E-state index contributed by atoms with van der Waals surface area (Å²) in [4.78, 5) is 12.5. The summed E-state index contributed by atoms with van der Waals surface area (Å²) in [6, 6.07) is 10.9. The van der Waals surface area contributed by atoms with Gasteiger partial charge in [0.25, 0.3) is 5.91 Å². The highest BCUT2D eigenvalue weighted by atomic mass is 32.2. The molecule has 30 heavy (non-hydrogen) atoms. The fraction of sp³-hybridized carbons (Fsp3) is 0.250. The van der Waals surface area contributed by atoms with Crippen molar-refractivity contribution < 1.29 is 27.1 Å². The van der Waals surface area contributed by atoms with Crippen LogP contribution in [0.25, 0.3) is 11.5 Å². The molecule has 0 aliphatic heterocycles. The zero-order valence-electron chi connectivity index (χ0n) is 16.7. The predicted molar refractivity (Wildman–Crippen MR) is 110 cm³/mol. The van der Waals surface area contributed by atoms with Gasteiger partial charge in [0, 0.05) is 11.8 Å². The van der Waals surface area contributed by atoms with E-state index in [1.165, 1.54) is 12.1 Å². The van der Waals surface area contributed by atoms with Gasteiger partial charge in [-0.25, -0.2) is 8.42 Å². The van der Waals surface area contributed by atoms with Gasteiger partial charge in [0.2, 0.25) is 5.89 Å². The average molecular weight is 431 g/mol. The zero-order chi connectivity index (χ0) is 21.7. The van der Waals surface area contributed by atoms with Crippen LogP contribution in [0.3, 0.4) is 0 Å². The van der Waals surface area contributed by atoms with Crippen molar-refractivity contribution in [3.05, 3.63) is 48.0 Å². The van der Waals surface area contributed by atoms with E-state index in [1.54, 1.807) is 30.3 Å². The molecule has 0 fully saturated rings. The van der Waals surface area contributed by atoms with E-state index >= 15 is 0 Å². The molecule has 1 aromatic heterocycles. The minimum atomic E-state index is -3.58. The Bertz CT molecular complexity index is 1160. The monoisotopic (exact) mass is 431 g/mol. The predicted octanol–water partition coefficient (Wildman–Crippen LogP) is 3.19. The second-order valence-electron chi connectivity index (χ2n) is 6.16. The van der Waals surface area contributed by atoms with E-state index in [2.05, 4.69) is 15.5 Å². The van der Waals surface area contributed by atoms with Crippen LogP contribution in [0.1, 0.15) is 24.2 Å². The Morgan fingerprint density at radius 3 is 2.43 bits per heavy atom. The molecule has 0 radical (unpaired) electrons. The highest BCUT2D eigenvalue weighted by Crippen LogP contribution is 2.33. The van der Waals surface area contributed by atoms with Crippen LogP contribution in [0.2, 0.25) is 0 Å². The molecule has 1 N–H and O–H groups in total. The maximum absolute atomic E-state index is 12.5. The number of hydrogen-bond acceptors (Lipinski definition) is 8. The number of benzene rings is 2. The van der Waals surface area contributed by atoms with Crippen LogP contribution in [0.4, 0.5) is 6.01 Å². The Kier molecular flexibility index (Phi) is 6.36. The van der Waals surface area contributed by atoms with Gasteiger partial charge in [0.15, 0.2) is 21.3 Å². The molecule has 0 spiro atoms. The Morgan fingerprint density at radius 2 is 1.73 bits per heavy atom. The van der Waals surface area contributed by atoms with E-state index in [9.17, 15) is 13.2 Å². The number of carbonyl (C=O) groups excluding carboxylic acids is 1. The van der Waals surface area contributed by atoms with Gasteiger partial charge >= 0.3 is 6.01 Å². The van der Waals surface area contributed by atoms with Gasteiger partial charge in [-0.3, -0.25) is 10.1 Å². The second kappa shape index (κ2) is 8.95. The van der Waals surface area contributed by atoms with Gasteiger partial charge in [0.05, 0.1) is 23.7 Å². The molecule has 0 atom stereocenters. The molecule has 158 valence electrons. The van der Waals surface area contributed by atoms with Crippen molar-refractivity contribution in [1.29, 1.82) is 0 Å². The van der Waals surface area contributed by atoms with Gasteiger partial charge < -0.3 is 13.9 Å². The third-order valence-electron chi connectivity index (χ3n) is 3.97. The maximum Gasteiger partial charge on any atom is 0.322 e. The molecule has 1 amide bonds. The Morgan fingerprint density at radius 1 is 1.03 bits per heavy atom. The molecule has 3 rings (SSSR count). The summed E-state index contributed by atoms with van der Waals surface area (Å²) < 4.78 is 40.4. The molecule has 0 aliphatic carbocycles. The lowest BCUT2D eigenvalue weighted by Crippen LogP contribution is -2.16. The number of rotatable bonds is 8. The van der Waals surface area contributed by atoms with Gasteiger partial charge in [0.1, 0.15) is 0 Å². The molecular formula is C20H21N3O6S. The zero-order valence-corrected chi connectivity index (χ0v) is 17.5. The molecule has 0 aliphatic rings. The van der Waals surface area contributed by atoms with E-state index in [0.29, 0.717) is 30.3 Å². The summed E-state index contributed by atoms with van der Waals surface area (Å²) in [5.41, 5.74) is 0.561. The Hall–Kier alpha value is -3.40. The molecule has 1 heterocycles. The highest BCUT2D eigenvalue weighted by Gasteiger charge is 2.20. The third-order valence-corrected chi connectivity index (χ3v) is 5.12. The Balaban J connectivity index is 1.84. The molecule has 0 bridgehead atoms. The van der Waals surface area contributed by atoms with E-state index in [1.807, 2.05) is 13.8 Å². The summed E-state index contributed by atoms with van der Waals surface area (Å²) in [7, 11) is -3.58. The van der Waals surface area contributed by atoms with Crippen LogP contribution < -0.4 is 14.8 Å². The van der Waals surface area contributed by atoms with Crippen LogP contribution in [0.15, 0.2) is 51.8 Å². The topological polar surface area (TPSA) is 121 Å². The van der Waals surface area contributed by atoms with Crippen molar-refractivity contribution in [3.63, 3.8) is 0 Å². The first-order chi connectivity index (χ1) is 14.3. The van der Waals surface area contributed by atoms with Crippen molar-refractivity contribution in [2.45, 2.75) is 18.7 Å². The first-order valence-electron chi connectivity index (χ1n) is 9.17. The van der Waals surface area contributed by atoms with Gasteiger partial charge in [-0.2, -0.15) is 0 Å². The maximum atomic E-state index is 12.5. The van der Waals surface area contributed by atoms with Gasteiger partial charge in [-0.05, 0) is 44.2 Å². The number of amides is 1. The number of sulfone groups is 1. The molecule has 10 heteroatoms. The molecule has 3 aromatic rings. The van der Waals surface area contributed by atoms with E-state index < -0.39 is 15.7 Å². The van der Waals surface area contributed by atoms with Crippen LogP contribution in [-0.4, -0.2) is 44.0 Å². The van der Waals surface area contributed by atoms with Gasteiger partial charge in [-0.1, -0.05) is 17.2 Å². The summed E-state index contributed by atoms with van der Waals surface area (Å²) in [6.07, 6.45) is 1.03. The number of anilines is 1. The molecule has 0 saturated carbocycles. The minimum absolute atomic E-state index is 0.0144. The summed E-state index contributed by atoms with van der Waals surface area (Å²) in [6.45, 7) is 4.68. The van der Waals surface area contributed by atoms with E-state index in [0.717, 1.165) is 6.26 Å². The van der Waals surface area contributed by atoms with Gasteiger partial charge in [-0.15, -0.1) is 5.10 Å². The lowest BCUT2D eigenvalue weighted by Gasteiger charge is -2.11. The molecule has 0 unspecified atom stereocenters. The first kappa shape index (κ1) is 21.3. The summed E-state index contributed by atoms with van der Waals surface area (Å²) in [5, 5.41) is 10.2.